The van der Waals surface area contributed by atoms with Crippen LogP contribution in [-0.2, 0) is 6.42 Å². The lowest BCUT2D eigenvalue weighted by Crippen LogP contribution is -2.12. The van der Waals surface area contributed by atoms with Crippen molar-refractivity contribution in [3.63, 3.8) is 0 Å². The Morgan fingerprint density at radius 3 is 2.86 bits per heavy atom. The topological polar surface area (TPSA) is 40.5 Å². The average molecular weight is 191 g/mol. The maximum Gasteiger partial charge on any atom is 0.163 e. The first-order valence-corrected chi connectivity index (χ1v) is 4.68. The molecule has 0 unspecified atom stereocenters. The number of Topliss-reactive ketones (excluding diaryl/α,β-unsaturated/α-hetero) is 1. The Kier molecular flexibility index (Phi) is 1.95. The van der Waals surface area contributed by atoms with Gasteiger partial charge in [-0.2, -0.15) is 0 Å². The van der Waals surface area contributed by atoms with Crippen LogP contribution in [0.15, 0.2) is 12.1 Å². The van der Waals surface area contributed by atoms with Gasteiger partial charge >= 0.3 is 0 Å². The molecule has 1 aliphatic heterocycles. The van der Waals surface area contributed by atoms with Gasteiger partial charge in [-0.1, -0.05) is 0 Å². The summed E-state index contributed by atoms with van der Waals surface area (Å²) in [5.41, 5.74) is 2.37. The van der Waals surface area contributed by atoms with E-state index in [-0.39, 0.29) is 11.5 Å². The third kappa shape index (κ3) is 1.16. The van der Waals surface area contributed by atoms with Crippen LogP contribution in [0.2, 0.25) is 0 Å². The maximum absolute atomic E-state index is 11.2. The van der Waals surface area contributed by atoms with Crippen LogP contribution in [0.3, 0.4) is 0 Å². The number of likely N-dealkylation sites (N-methyl/N-ethyl adjacent to an activating group) is 1. The first-order chi connectivity index (χ1) is 6.61. The van der Waals surface area contributed by atoms with Crippen molar-refractivity contribution in [3.8, 4) is 5.75 Å². The minimum Gasteiger partial charge on any atom is -0.507 e. The van der Waals surface area contributed by atoms with E-state index in [0.29, 0.717) is 5.56 Å². The molecule has 1 aromatic carbocycles. The number of aromatic hydroxyl groups is 1. The van der Waals surface area contributed by atoms with Gasteiger partial charge in [-0.15, -0.1) is 0 Å². The van der Waals surface area contributed by atoms with Crippen molar-refractivity contribution in [2.75, 3.05) is 18.5 Å². The fourth-order valence-corrected chi connectivity index (χ4v) is 1.91. The smallest absolute Gasteiger partial charge is 0.163 e. The minimum atomic E-state index is -0.0835. The van der Waals surface area contributed by atoms with Crippen molar-refractivity contribution < 1.29 is 9.90 Å². The number of carbonyl (C=O) groups is 1. The van der Waals surface area contributed by atoms with Gasteiger partial charge in [0.15, 0.2) is 5.78 Å². The van der Waals surface area contributed by atoms with Crippen LogP contribution in [0.25, 0.3) is 0 Å². The van der Waals surface area contributed by atoms with E-state index in [1.807, 2.05) is 13.1 Å². The van der Waals surface area contributed by atoms with E-state index in [1.54, 1.807) is 6.07 Å². The number of rotatable bonds is 1. The monoisotopic (exact) mass is 191 g/mol. The summed E-state index contributed by atoms with van der Waals surface area (Å²) in [7, 11) is 1.98. The van der Waals surface area contributed by atoms with Gasteiger partial charge in [0.25, 0.3) is 0 Å². The highest BCUT2D eigenvalue weighted by Gasteiger charge is 2.22. The molecular formula is C11H13NO2. The molecular weight excluding hydrogens is 178 g/mol. The maximum atomic E-state index is 11.2. The van der Waals surface area contributed by atoms with Gasteiger partial charge in [-0.25, -0.2) is 0 Å². The molecule has 0 aromatic heterocycles. The Balaban J connectivity index is 2.58. The second-order valence-electron chi connectivity index (χ2n) is 3.69. The predicted octanol–water partition coefficient (Wildman–Crippen LogP) is 1.59. The summed E-state index contributed by atoms with van der Waals surface area (Å²) in [4.78, 5) is 13.3. The van der Waals surface area contributed by atoms with Crippen LogP contribution in [0.5, 0.6) is 5.75 Å². The molecule has 3 heteroatoms. The summed E-state index contributed by atoms with van der Waals surface area (Å²) in [5.74, 6) is 0.0826. The molecule has 0 radical (unpaired) electrons. The molecule has 0 spiro atoms. The number of hydrogen-bond acceptors (Lipinski definition) is 3. The molecule has 0 saturated carbocycles. The van der Waals surface area contributed by atoms with Crippen molar-refractivity contribution in [2.45, 2.75) is 13.3 Å². The van der Waals surface area contributed by atoms with E-state index < -0.39 is 0 Å². The summed E-state index contributed by atoms with van der Waals surface area (Å²) in [5, 5.41) is 9.85. The summed E-state index contributed by atoms with van der Waals surface area (Å²) in [6.45, 7) is 2.38. The van der Waals surface area contributed by atoms with Gasteiger partial charge in [0.05, 0.1) is 5.56 Å². The molecule has 3 nitrogen and oxygen atoms in total. The van der Waals surface area contributed by atoms with E-state index in [0.717, 1.165) is 24.2 Å². The average Bonchev–Trinajstić information content (AvgIpc) is 2.49. The number of carbonyl (C=O) groups excluding carboxylic acids is 1. The van der Waals surface area contributed by atoms with Gasteiger partial charge in [-0.05, 0) is 25.5 Å². The Labute approximate surface area is 83.0 Å². The van der Waals surface area contributed by atoms with Crippen LogP contribution in [0, 0.1) is 0 Å². The Morgan fingerprint density at radius 1 is 1.50 bits per heavy atom. The van der Waals surface area contributed by atoms with E-state index in [1.165, 1.54) is 6.92 Å². The number of anilines is 1. The zero-order valence-corrected chi connectivity index (χ0v) is 8.37. The number of hydrogen-bond donors (Lipinski definition) is 1. The highest BCUT2D eigenvalue weighted by molar-refractivity contribution is 5.98. The lowest BCUT2D eigenvalue weighted by atomic mass is 10.0. The molecule has 0 fully saturated rings. The number of ketones is 1. The molecule has 0 saturated heterocycles. The van der Waals surface area contributed by atoms with E-state index in [9.17, 15) is 9.90 Å². The van der Waals surface area contributed by atoms with E-state index >= 15 is 0 Å². The number of nitrogens with zero attached hydrogens (tertiary/aromatic N) is 1. The van der Waals surface area contributed by atoms with Crippen molar-refractivity contribution in [1.82, 2.24) is 0 Å². The minimum absolute atomic E-state index is 0.0835. The molecule has 0 bridgehead atoms. The fraction of sp³-hybridized carbons (Fsp3) is 0.364. The van der Waals surface area contributed by atoms with Gasteiger partial charge in [0.1, 0.15) is 5.75 Å². The van der Waals surface area contributed by atoms with E-state index in [4.69, 9.17) is 0 Å². The normalized spacial score (nSPS) is 14.3. The van der Waals surface area contributed by atoms with Gasteiger partial charge in [-0.3, -0.25) is 4.79 Å². The Morgan fingerprint density at radius 2 is 2.21 bits per heavy atom. The summed E-state index contributed by atoms with van der Waals surface area (Å²) in [6, 6.07) is 3.59. The van der Waals surface area contributed by atoms with Crippen molar-refractivity contribution in [2.24, 2.45) is 0 Å². The van der Waals surface area contributed by atoms with Crippen LogP contribution in [-0.4, -0.2) is 24.5 Å². The number of fused-ring (bicyclic) bond motifs is 1. The SMILES string of the molecule is CC(=O)c1ccc2c(c1O)CCN2C. The second-order valence-corrected chi connectivity index (χ2v) is 3.69. The number of phenols is 1. The third-order valence-corrected chi connectivity index (χ3v) is 2.75. The zero-order chi connectivity index (χ0) is 10.3. The number of benzene rings is 1. The standard InChI is InChI=1S/C11H13NO2/c1-7(13)8-3-4-10-9(11(8)14)5-6-12(10)2/h3-4,14H,5-6H2,1-2H3. The summed E-state index contributed by atoms with van der Waals surface area (Å²) in [6.07, 6.45) is 0.818. The van der Waals surface area contributed by atoms with Gasteiger partial charge < -0.3 is 10.0 Å². The molecule has 0 amide bonds. The van der Waals surface area contributed by atoms with E-state index in [2.05, 4.69) is 4.90 Å². The largest absolute Gasteiger partial charge is 0.507 e. The van der Waals surface area contributed by atoms with Crippen molar-refractivity contribution in [1.29, 1.82) is 0 Å². The van der Waals surface area contributed by atoms with Crippen LogP contribution < -0.4 is 4.90 Å². The highest BCUT2D eigenvalue weighted by atomic mass is 16.3. The van der Waals surface area contributed by atoms with Gasteiger partial charge in [0.2, 0.25) is 0 Å². The van der Waals surface area contributed by atoms with Crippen LogP contribution in [0.4, 0.5) is 5.69 Å². The summed E-state index contributed by atoms with van der Waals surface area (Å²) < 4.78 is 0. The molecule has 0 atom stereocenters. The molecule has 1 aromatic rings. The second kappa shape index (κ2) is 3.01. The lowest BCUT2D eigenvalue weighted by Gasteiger charge is -2.12. The molecule has 14 heavy (non-hydrogen) atoms. The predicted molar refractivity (Wildman–Crippen MR) is 55.1 cm³/mol. The molecule has 1 N–H and O–H groups in total. The molecule has 2 rings (SSSR count). The quantitative estimate of drug-likeness (QED) is 0.685. The zero-order valence-electron chi connectivity index (χ0n) is 8.37. The third-order valence-electron chi connectivity index (χ3n) is 2.75. The first kappa shape index (κ1) is 9.06. The Bertz CT molecular complexity index is 399. The number of phenolic OH excluding ortho intramolecular Hbond substituents is 1. The van der Waals surface area contributed by atoms with Gasteiger partial charge in [0, 0.05) is 24.8 Å². The molecule has 1 heterocycles. The lowest BCUT2D eigenvalue weighted by molar-refractivity contribution is 0.101. The van der Waals surface area contributed by atoms with Crippen LogP contribution >= 0.6 is 0 Å². The van der Waals surface area contributed by atoms with Crippen molar-refractivity contribution in [3.05, 3.63) is 23.3 Å². The summed E-state index contributed by atoms with van der Waals surface area (Å²) >= 11 is 0. The molecule has 0 aliphatic carbocycles. The van der Waals surface area contributed by atoms with Crippen molar-refractivity contribution >= 4 is 11.5 Å². The molecule has 1 aliphatic rings. The molecule has 74 valence electrons. The van der Waals surface area contributed by atoms with Crippen LogP contribution in [0.1, 0.15) is 22.8 Å². The fourth-order valence-electron chi connectivity index (χ4n) is 1.91. The highest BCUT2D eigenvalue weighted by Crippen LogP contribution is 2.36. The first-order valence-electron chi connectivity index (χ1n) is 4.68. The Hall–Kier alpha value is -1.51.